The second-order valence-corrected chi connectivity index (χ2v) is 9.44. The maximum Gasteiger partial charge on any atom is 0.253 e. The van der Waals surface area contributed by atoms with Gasteiger partial charge in [0.2, 0.25) is 5.95 Å². The van der Waals surface area contributed by atoms with Gasteiger partial charge in [0.15, 0.2) is 5.82 Å². The Labute approximate surface area is 195 Å². The lowest BCUT2D eigenvalue weighted by Crippen LogP contribution is -2.46. The van der Waals surface area contributed by atoms with Crippen LogP contribution in [0.15, 0.2) is 58.7 Å². The van der Waals surface area contributed by atoms with Crippen LogP contribution in [0.1, 0.15) is 34.8 Å². The molecule has 4 aromatic rings. The van der Waals surface area contributed by atoms with Crippen molar-refractivity contribution >= 4 is 35.1 Å². The van der Waals surface area contributed by atoms with Gasteiger partial charge >= 0.3 is 0 Å². The van der Waals surface area contributed by atoms with E-state index in [-0.39, 0.29) is 5.91 Å². The second-order valence-electron chi connectivity index (χ2n) is 8.35. The van der Waals surface area contributed by atoms with Crippen molar-refractivity contribution < 1.29 is 4.79 Å². The molecule has 0 radical (unpaired) electrons. The maximum atomic E-state index is 12.7. The van der Waals surface area contributed by atoms with Crippen LogP contribution >= 0.6 is 11.8 Å². The molecule has 1 saturated carbocycles. The Morgan fingerprint density at radius 3 is 2.73 bits per heavy atom. The highest BCUT2D eigenvalue weighted by Gasteiger charge is 2.25. The van der Waals surface area contributed by atoms with Gasteiger partial charge in [-0.1, -0.05) is 11.8 Å². The van der Waals surface area contributed by atoms with Gasteiger partial charge in [-0.25, -0.2) is 9.97 Å². The number of benzene rings is 1. The zero-order valence-corrected chi connectivity index (χ0v) is 18.8. The van der Waals surface area contributed by atoms with Crippen molar-refractivity contribution in [2.75, 3.05) is 31.5 Å². The van der Waals surface area contributed by atoms with Crippen LogP contribution in [0.4, 0.5) is 11.8 Å². The van der Waals surface area contributed by atoms with Crippen LogP contribution in [0, 0.1) is 0 Å². The van der Waals surface area contributed by atoms with E-state index in [0.717, 1.165) is 47.6 Å². The van der Waals surface area contributed by atoms with Gasteiger partial charge in [0, 0.05) is 72.8 Å². The molecule has 4 heterocycles. The number of aromatic amines is 1. The first-order chi connectivity index (χ1) is 16.2. The number of nitrogens with one attached hydrogen (secondary N) is 3. The minimum absolute atomic E-state index is 0.0843. The minimum atomic E-state index is 0.0843. The normalized spacial score (nSPS) is 16.3. The molecule has 2 aliphatic rings. The molecule has 10 heteroatoms. The number of carbonyl (C=O) groups is 1. The maximum absolute atomic E-state index is 12.7. The van der Waals surface area contributed by atoms with Gasteiger partial charge in [-0.3, -0.25) is 14.3 Å². The number of anilines is 2. The fraction of sp³-hybridized carbons (Fsp3) is 0.304. The third-order valence-electron chi connectivity index (χ3n) is 5.95. The number of fused-ring (bicyclic) bond motifs is 1. The van der Waals surface area contributed by atoms with Crippen LogP contribution in [0.5, 0.6) is 0 Å². The van der Waals surface area contributed by atoms with Gasteiger partial charge in [0.1, 0.15) is 10.7 Å². The van der Waals surface area contributed by atoms with E-state index in [1.807, 2.05) is 45.8 Å². The third-order valence-corrected chi connectivity index (χ3v) is 6.87. The van der Waals surface area contributed by atoms with Crippen LogP contribution in [0.25, 0.3) is 5.65 Å². The van der Waals surface area contributed by atoms with Crippen LogP contribution in [-0.2, 0) is 0 Å². The number of nitrogens with zero attached hydrogens (tertiary/aromatic N) is 5. The number of H-pyrrole nitrogens is 1. The summed E-state index contributed by atoms with van der Waals surface area (Å²) in [6.07, 6.45) is 6.08. The SMILES string of the molecule is O=C(c1ccc(Sc2cc3nccn3c(Nc3cc(C4CC4)[nH]n3)n2)cc1)N1CCNCC1. The Morgan fingerprint density at radius 2 is 1.94 bits per heavy atom. The van der Waals surface area contributed by atoms with E-state index in [0.29, 0.717) is 17.4 Å². The lowest BCUT2D eigenvalue weighted by molar-refractivity contribution is 0.0735. The molecule has 2 fully saturated rings. The van der Waals surface area contributed by atoms with Crippen LogP contribution in [0.2, 0.25) is 0 Å². The van der Waals surface area contributed by atoms with Crippen molar-refractivity contribution in [3.63, 3.8) is 0 Å². The third kappa shape index (κ3) is 4.31. The Hall–Kier alpha value is -3.37. The van der Waals surface area contributed by atoms with Crippen molar-refractivity contribution in [2.24, 2.45) is 0 Å². The van der Waals surface area contributed by atoms with E-state index in [4.69, 9.17) is 4.98 Å². The quantitative estimate of drug-likeness (QED) is 0.380. The molecule has 3 aromatic heterocycles. The highest BCUT2D eigenvalue weighted by atomic mass is 32.2. The summed E-state index contributed by atoms with van der Waals surface area (Å²) in [6.45, 7) is 3.19. The molecular weight excluding hydrogens is 436 g/mol. The van der Waals surface area contributed by atoms with Crippen molar-refractivity contribution in [3.8, 4) is 0 Å². The Kier molecular flexibility index (Phi) is 5.23. The standard InChI is InChI=1S/C23H24N8OS/c32-22(30-10-7-24-8-11-30)16-3-5-17(6-4-16)33-21-14-20-25-9-12-31(20)23(27-21)26-19-13-18(28-29-19)15-1-2-15/h3-6,9,12-15,24H,1-2,7-8,10-11H2,(H2,26,27,28,29). The second kappa shape index (κ2) is 8.53. The smallest absolute Gasteiger partial charge is 0.253 e. The summed E-state index contributed by atoms with van der Waals surface area (Å²) in [5.74, 6) is 2.10. The first kappa shape index (κ1) is 20.3. The first-order valence-electron chi connectivity index (χ1n) is 11.2. The Morgan fingerprint density at radius 1 is 1.12 bits per heavy atom. The van der Waals surface area contributed by atoms with E-state index in [9.17, 15) is 4.79 Å². The fourth-order valence-electron chi connectivity index (χ4n) is 4.00. The molecular formula is C23H24N8OS. The summed E-state index contributed by atoms with van der Waals surface area (Å²) in [7, 11) is 0. The molecule has 9 nitrogen and oxygen atoms in total. The molecule has 33 heavy (non-hydrogen) atoms. The largest absolute Gasteiger partial charge is 0.336 e. The van der Waals surface area contributed by atoms with Gasteiger partial charge in [0.25, 0.3) is 5.91 Å². The molecule has 1 aromatic carbocycles. The summed E-state index contributed by atoms with van der Waals surface area (Å²) in [6, 6.07) is 11.7. The van der Waals surface area contributed by atoms with Crippen LogP contribution < -0.4 is 10.6 Å². The summed E-state index contributed by atoms with van der Waals surface area (Å²) in [4.78, 5) is 24.9. The zero-order valence-electron chi connectivity index (χ0n) is 18.0. The number of imidazole rings is 1. The topological polar surface area (TPSA) is 103 Å². The molecule has 0 bridgehead atoms. The van der Waals surface area contributed by atoms with Gasteiger partial charge in [-0.05, 0) is 37.1 Å². The molecule has 3 N–H and O–H groups in total. The number of carbonyl (C=O) groups excluding carboxylic acids is 1. The van der Waals surface area contributed by atoms with Gasteiger partial charge in [-0.2, -0.15) is 5.10 Å². The lowest BCUT2D eigenvalue weighted by atomic mass is 10.2. The van der Waals surface area contributed by atoms with Crippen molar-refractivity contribution in [1.29, 1.82) is 0 Å². The predicted molar refractivity (Wildman–Crippen MR) is 126 cm³/mol. The number of amides is 1. The van der Waals surface area contributed by atoms with Crippen LogP contribution in [0.3, 0.4) is 0 Å². The van der Waals surface area contributed by atoms with Gasteiger partial charge in [0.05, 0.1) is 0 Å². The Bertz CT molecular complexity index is 1290. The van der Waals surface area contributed by atoms with Crippen molar-refractivity contribution in [2.45, 2.75) is 28.7 Å². The monoisotopic (exact) mass is 460 g/mol. The molecule has 1 saturated heterocycles. The summed E-state index contributed by atoms with van der Waals surface area (Å²) in [5, 5.41) is 14.9. The molecule has 0 atom stereocenters. The molecule has 0 unspecified atom stereocenters. The van der Waals surface area contributed by atoms with Gasteiger partial charge < -0.3 is 15.5 Å². The number of hydrogen-bond donors (Lipinski definition) is 3. The van der Waals surface area contributed by atoms with Crippen molar-refractivity contribution in [1.82, 2.24) is 34.8 Å². The van der Waals surface area contributed by atoms with E-state index < -0.39 is 0 Å². The average Bonchev–Trinajstić information content (AvgIpc) is 3.40. The number of piperazine rings is 1. The van der Waals surface area contributed by atoms with Crippen LogP contribution in [-0.4, -0.2) is 61.6 Å². The summed E-state index contributed by atoms with van der Waals surface area (Å²) >= 11 is 1.54. The Balaban J connectivity index is 1.21. The average molecular weight is 461 g/mol. The minimum Gasteiger partial charge on any atom is -0.336 e. The van der Waals surface area contributed by atoms with E-state index in [2.05, 4.69) is 31.9 Å². The highest BCUT2D eigenvalue weighted by molar-refractivity contribution is 7.99. The predicted octanol–water partition coefficient (Wildman–Crippen LogP) is 3.27. The fourth-order valence-corrected chi connectivity index (χ4v) is 4.81. The van der Waals surface area contributed by atoms with Gasteiger partial charge in [-0.15, -0.1) is 0 Å². The zero-order chi connectivity index (χ0) is 22.2. The lowest BCUT2D eigenvalue weighted by Gasteiger charge is -2.27. The first-order valence-corrected chi connectivity index (χ1v) is 12.0. The van der Waals surface area contributed by atoms with Crippen molar-refractivity contribution in [3.05, 3.63) is 60.0 Å². The molecule has 1 aliphatic carbocycles. The molecule has 1 amide bonds. The summed E-state index contributed by atoms with van der Waals surface area (Å²) in [5.41, 5.74) is 2.68. The number of aromatic nitrogens is 5. The summed E-state index contributed by atoms with van der Waals surface area (Å²) < 4.78 is 1.91. The molecule has 0 spiro atoms. The van der Waals surface area contributed by atoms with E-state index >= 15 is 0 Å². The number of rotatable bonds is 6. The molecule has 6 rings (SSSR count). The van der Waals surface area contributed by atoms with E-state index in [1.54, 1.807) is 6.20 Å². The highest BCUT2D eigenvalue weighted by Crippen LogP contribution is 2.39. The van der Waals surface area contributed by atoms with E-state index in [1.165, 1.54) is 30.3 Å². The number of hydrogen-bond acceptors (Lipinski definition) is 7. The molecule has 1 aliphatic heterocycles. The molecule has 168 valence electrons.